The Morgan fingerprint density at radius 3 is 2.69 bits per heavy atom. The zero-order valence-electron chi connectivity index (χ0n) is 42.0. The molecule has 6 aliphatic heterocycles. The highest BCUT2D eigenvalue weighted by molar-refractivity contribution is 8.76. The van der Waals surface area contributed by atoms with Crippen molar-refractivity contribution < 1.29 is 34.7 Å². The quantitative estimate of drug-likeness (QED) is 0.0723. The molecule has 10 bridgehead atoms. The van der Waals surface area contributed by atoms with Gasteiger partial charge < -0.3 is 45.2 Å². The van der Waals surface area contributed by atoms with Crippen molar-refractivity contribution in [3.63, 3.8) is 0 Å². The molecule has 0 saturated heterocycles. The fourth-order valence-corrected chi connectivity index (χ4v) is 19.5. The molecule has 12 unspecified atom stereocenters. The van der Waals surface area contributed by atoms with Crippen molar-refractivity contribution >= 4 is 38.3 Å². The van der Waals surface area contributed by atoms with Gasteiger partial charge in [0.15, 0.2) is 17.7 Å². The summed E-state index contributed by atoms with van der Waals surface area (Å²) in [4.78, 5) is 17.9. The number of ketones is 1. The summed E-state index contributed by atoms with van der Waals surface area (Å²) in [5, 5.41) is 53.1. The lowest BCUT2D eigenvalue weighted by atomic mass is 9.51. The molecular weight excluding hydrogens is 965 g/mol. The van der Waals surface area contributed by atoms with Crippen molar-refractivity contribution in [2.24, 2.45) is 46.2 Å². The van der Waals surface area contributed by atoms with Gasteiger partial charge in [-0.15, -0.1) is 0 Å². The zero-order chi connectivity index (χ0) is 50.1. The maximum Gasteiger partial charge on any atom is 0.191 e. The molecule has 11 nitrogen and oxygen atoms in total. The van der Waals surface area contributed by atoms with E-state index < -0.39 is 41.8 Å². The molecule has 0 radical (unpaired) electrons. The number of fused-ring (bicyclic) bond motifs is 4. The van der Waals surface area contributed by atoms with Crippen LogP contribution >= 0.6 is 21.6 Å². The fourth-order valence-electron chi connectivity index (χ4n) is 16.8. The first-order valence-electron chi connectivity index (χ1n) is 27.8. The Bertz CT molecular complexity index is 3140. The number of aromatic nitrogens is 2. The molecule has 0 amide bonds. The van der Waals surface area contributed by atoms with Gasteiger partial charge in [0.05, 0.1) is 35.2 Å². The number of hydrogen-bond acceptors (Lipinski definition) is 11. The Hall–Kier alpha value is -4.57. The molecule has 2 aromatic carbocycles. The van der Waals surface area contributed by atoms with Crippen molar-refractivity contribution in [3.05, 3.63) is 99.5 Å². The number of ether oxygens (including phenoxy) is 2. The summed E-state index contributed by atoms with van der Waals surface area (Å²) in [5.74, 6) is 13.0. The number of aromatic hydroxyl groups is 1. The van der Waals surface area contributed by atoms with Gasteiger partial charge in [-0.3, -0.25) is 10.1 Å². The van der Waals surface area contributed by atoms with Gasteiger partial charge in [0.1, 0.15) is 23.7 Å². The Balaban J connectivity index is 0.885. The zero-order valence-corrected chi connectivity index (χ0v) is 43.7. The number of nitrogens with zero attached hydrogens (tertiary/aromatic N) is 1. The minimum Gasteiger partial charge on any atom is -0.508 e. The van der Waals surface area contributed by atoms with Crippen LogP contribution in [0.1, 0.15) is 166 Å². The normalized spacial score (nSPS) is 33.9. The van der Waals surface area contributed by atoms with Crippen molar-refractivity contribution in [2.75, 3.05) is 12.3 Å². The van der Waals surface area contributed by atoms with E-state index in [1.54, 1.807) is 16.9 Å². The second-order valence-electron chi connectivity index (χ2n) is 24.1. The second kappa shape index (κ2) is 18.3. The van der Waals surface area contributed by atoms with Crippen LogP contribution in [-0.2, 0) is 22.4 Å². The fraction of sp³-hybridized carbons (Fsp3) is 0.557. The number of aliphatic hydroxyl groups is 3. The number of aliphatic hydroxyl groups excluding tert-OH is 3. The lowest BCUT2D eigenvalue weighted by molar-refractivity contribution is -0.122. The molecule has 3 fully saturated rings. The molecule has 8 heterocycles. The van der Waals surface area contributed by atoms with Crippen LogP contribution in [0, 0.1) is 64.3 Å². The molecule has 6 aliphatic carbocycles. The largest absolute Gasteiger partial charge is 0.508 e. The number of carbonyl (C=O) groups is 1. The average Bonchev–Trinajstić information content (AvgIpc) is 4.26. The van der Waals surface area contributed by atoms with Crippen LogP contribution in [0.25, 0.3) is 10.9 Å². The van der Waals surface area contributed by atoms with Gasteiger partial charge in [0.25, 0.3) is 0 Å². The number of phenolic OH excluding ortho intramolecular Hbond substituents is 1. The van der Waals surface area contributed by atoms with E-state index >= 15 is 0 Å². The maximum absolute atomic E-state index is 14.2. The molecule has 16 rings (SSSR count). The van der Waals surface area contributed by atoms with Crippen LogP contribution in [0.3, 0.4) is 0 Å². The summed E-state index contributed by atoms with van der Waals surface area (Å²) in [5.41, 5.74) is 15.2. The number of allylic oxidation sites excluding steroid dienone is 3. The van der Waals surface area contributed by atoms with Crippen molar-refractivity contribution in [3.8, 4) is 41.1 Å². The topological polar surface area (TPSA) is 175 Å². The molecular formula is C61H68N4O7S2. The first-order valence-corrected chi connectivity index (χ1v) is 30.3. The predicted octanol–water partition coefficient (Wildman–Crippen LogP) is 10.2. The third-order valence-corrected chi connectivity index (χ3v) is 22.6. The average molecular weight is 1030 g/mol. The first kappa shape index (κ1) is 47.8. The number of H-pyrrole nitrogens is 1. The minimum atomic E-state index is -1.08. The van der Waals surface area contributed by atoms with E-state index in [2.05, 4.69) is 81.6 Å². The van der Waals surface area contributed by atoms with Crippen molar-refractivity contribution in [2.45, 2.75) is 157 Å². The van der Waals surface area contributed by atoms with Crippen LogP contribution in [0.15, 0.2) is 60.6 Å². The van der Waals surface area contributed by atoms with Gasteiger partial charge in [-0.2, -0.15) is 0 Å². The number of phenols is 1. The van der Waals surface area contributed by atoms with Crippen LogP contribution in [0.4, 0.5) is 0 Å². The van der Waals surface area contributed by atoms with Gasteiger partial charge in [-0.05, 0) is 114 Å². The monoisotopic (exact) mass is 1030 g/mol. The van der Waals surface area contributed by atoms with Crippen molar-refractivity contribution in [1.82, 2.24) is 14.9 Å². The molecule has 13 heteroatoms. The lowest BCUT2D eigenvalue weighted by Crippen LogP contribution is -2.56. The number of carbonyl (C=O) groups excluding carboxylic acids is 1. The molecule has 12 atom stereocenters. The van der Waals surface area contributed by atoms with E-state index in [9.17, 15) is 25.2 Å². The molecule has 2 aromatic heterocycles. The molecule has 4 aromatic rings. The van der Waals surface area contributed by atoms with Crippen LogP contribution in [0.2, 0.25) is 0 Å². The number of nitrogens with one attached hydrogen (secondary N) is 2. The summed E-state index contributed by atoms with van der Waals surface area (Å²) in [6.07, 6.45) is 27.0. The maximum atomic E-state index is 14.2. The standard InChI is InChI=1S/C61H68N4O7S2/c62-57-40-14-13-39-48(67)16-15-46-58-65-28-44-43(27-63-47(44)29-65)55-53(39)54(40)61(32-64-57,31-60(55)19-5-6-20-60)33-74-73-30-45-38(51(70)26-52(56(45)72-58)71-22-21-59(46)17-3-4-18-59)12-11-36(66)24-49(68)42-23-35-10-9-34-7-1-2-8-37(34)41(35)25-50(42)69/h9-10,13-14,23,26-29,34,37,41-42,46,48-50,55,57-58,63-64,67-70H,1-8,11-12,17-20,24-25,30-33,62H2. The van der Waals surface area contributed by atoms with Crippen LogP contribution in [0.5, 0.6) is 17.2 Å². The van der Waals surface area contributed by atoms with Gasteiger partial charge in [-0.25, -0.2) is 0 Å². The molecule has 74 heavy (non-hydrogen) atoms. The third-order valence-electron chi connectivity index (χ3n) is 20.2. The van der Waals surface area contributed by atoms with E-state index in [4.69, 9.17) is 15.2 Å². The Morgan fingerprint density at radius 1 is 1.00 bits per heavy atom. The van der Waals surface area contributed by atoms with Crippen molar-refractivity contribution in [1.29, 1.82) is 0 Å². The van der Waals surface area contributed by atoms with Crippen LogP contribution < -0.4 is 20.5 Å². The highest BCUT2D eigenvalue weighted by Gasteiger charge is 2.58. The minimum absolute atomic E-state index is 0.00287. The Kier molecular flexibility index (Phi) is 11.8. The van der Waals surface area contributed by atoms with E-state index in [-0.39, 0.29) is 53.7 Å². The number of benzene rings is 2. The SMILES string of the molecule is NC1NCC23CSSCc4c(CCC(=O)CC(O)C5C=C6C=CC7CCCCC7C6CC5O)c(O)cc5c4OC4C(C#CC(O)c6ccc1c2c6C(c1c[nH]c2cn4cc12)C1(CCCC1)C3)C1(C#CO5)CCCC1. The van der Waals surface area contributed by atoms with Gasteiger partial charge >= 0.3 is 0 Å². The summed E-state index contributed by atoms with van der Waals surface area (Å²) in [6, 6.07) is 5.85. The first-order chi connectivity index (χ1) is 36.0. The van der Waals surface area contributed by atoms with Gasteiger partial charge in [0, 0.05) is 89.3 Å². The molecule has 3 spiro atoms. The highest BCUT2D eigenvalue weighted by Crippen LogP contribution is 2.66. The summed E-state index contributed by atoms with van der Waals surface area (Å²) in [7, 11) is 3.53. The van der Waals surface area contributed by atoms with E-state index in [0.717, 1.165) is 91.1 Å². The predicted molar refractivity (Wildman–Crippen MR) is 288 cm³/mol. The molecule has 386 valence electrons. The number of aromatic amines is 1. The third kappa shape index (κ3) is 7.56. The summed E-state index contributed by atoms with van der Waals surface area (Å²) < 4.78 is 16.2. The molecule has 8 N–H and O–H groups in total. The van der Waals surface area contributed by atoms with E-state index in [0.29, 0.717) is 53.5 Å². The van der Waals surface area contributed by atoms with E-state index in [1.165, 1.54) is 47.9 Å². The number of Topliss-reactive ketones (excluding diaryl/α,β-unsaturated/α-hetero) is 1. The number of rotatable bonds is 6. The number of hydrogen-bond donors (Lipinski definition) is 7. The summed E-state index contributed by atoms with van der Waals surface area (Å²) >= 11 is 0. The molecule has 12 aliphatic rings. The van der Waals surface area contributed by atoms with Gasteiger partial charge in [-0.1, -0.05) is 108 Å². The smallest absolute Gasteiger partial charge is 0.191 e. The highest BCUT2D eigenvalue weighted by atomic mass is 33.1. The summed E-state index contributed by atoms with van der Waals surface area (Å²) in [6.45, 7) is 0.703. The van der Waals surface area contributed by atoms with Gasteiger partial charge in [0.2, 0.25) is 0 Å². The van der Waals surface area contributed by atoms with Crippen LogP contribution in [-0.4, -0.2) is 60.3 Å². The lowest BCUT2D eigenvalue weighted by Gasteiger charge is -2.56. The van der Waals surface area contributed by atoms with E-state index in [1.807, 2.05) is 16.9 Å². The second-order valence-corrected chi connectivity index (χ2v) is 26.6. The Morgan fingerprint density at radius 2 is 1.82 bits per heavy atom. The molecule has 3 saturated carbocycles. The Labute approximate surface area is 441 Å². The number of nitrogens with two attached hydrogens (primary N) is 1.